The molecule has 0 fully saturated rings. The molecule has 0 aliphatic heterocycles. The number of carbonyl (C=O) groups excluding carboxylic acids is 1. The van der Waals surface area contributed by atoms with Gasteiger partial charge in [0.15, 0.2) is 17.7 Å². The van der Waals surface area contributed by atoms with Gasteiger partial charge in [0, 0.05) is 19.2 Å². The second-order valence-corrected chi connectivity index (χ2v) is 6.56. The molecule has 0 aliphatic rings. The Labute approximate surface area is 179 Å². The lowest BCUT2D eigenvalue weighted by atomic mass is 10.1. The topological polar surface area (TPSA) is 80.6 Å². The van der Waals surface area contributed by atoms with Crippen molar-refractivity contribution in [3.63, 3.8) is 0 Å². The average Bonchev–Trinajstić information content (AvgIpc) is 2.81. The molecule has 0 bridgehead atoms. The molecule has 6 nitrogen and oxygen atoms in total. The highest BCUT2D eigenvalue weighted by atomic mass is 19.1. The van der Waals surface area contributed by atoms with Crippen molar-refractivity contribution in [2.24, 2.45) is 0 Å². The van der Waals surface area contributed by atoms with E-state index in [2.05, 4.69) is 5.32 Å². The summed E-state index contributed by atoms with van der Waals surface area (Å²) >= 11 is 0. The number of amides is 1. The van der Waals surface area contributed by atoms with Crippen molar-refractivity contribution < 1.29 is 23.4 Å². The van der Waals surface area contributed by atoms with Crippen LogP contribution in [-0.2, 0) is 16.1 Å². The van der Waals surface area contributed by atoms with Gasteiger partial charge in [-0.3, -0.25) is 4.79 Å². The normalized spacial score (nSPS) is 11.3. The maximum atomic E-state index is 15.4. The molecule has 1 amide bonds. The van der Waals surface area contributed by atoms with Crippen LogP contribution in [0.25, 0.3) is 0 Å². The fraction of sp³-hybridized carbons (Fsp3) is 0.167. The van der Waals surface area contributed by atoms with Crippen molar-refractivity contribution in [3.05, 3.63) is 89.2 Å². The summed E-state index contributed by atoms with van der Waals surface area (Å²) in [7, 11) is 2.73. The highest BCUT2D eigenvalue weighted by molar-refractivity contribution is 5.82. The predicted molar refractivity (Wildman–Crippen MR) is 112 cm³/mol. The average molecular weight is 420 g/mol. The van der Waals surface area contributed by atoms with Crippen LogP contribution in [0.3, 0.4) is 0 Å². The van der Waals surface area contributed by atoms with E-state index in [-0.39, 0.29) is 23.6 Å². The number of methoxy groups -OCH3 is 2. The molecule has 158 valence electrons. The van der Waals surface area contributed by atoms with E-state index in [9.17, 15) is 4.79 Å². The summed E-state index contributed by atoms with van der Waals surface area (Å²) in [6, 6.07) is 20.5. The third-order valence-corrected chi connectivity index (χ3v) is 4.58. The van der Waals surface area contributed by atoms with Crippen molar-refractivity contribution >= 4 is 5.91 Å². The van der Waals surface area contributed by atoms with Crippen molar-refractivity contribution in [1.82, 2.24) is 5.32 Å². The molecule has 3 aromatic carbocycles. The zero-order chi connectivity index (χ0) is 22.2. The van der Waals surface area contributed by atoms with Gasteiger partial charge in [0.2, 0.25) is 5.75 Å². The minimum absolute atomic E-state index is 0.0200. The Morgan fingerprint density at radius 2 is 1.77 bits per heavy atom. The lowest BCUT2D eigenvalue weighted by Gasteiger charge is -2.19. The fourth-order valence-electron chi connectivity index (χ4n) is 2.97. The van der Waals surface area contributed by atoms with Crippen molar-refractivity contribution in [2.75, 3.05) is 14.2 Å². The number of nitriles is 1. The minimum Gasteiger partial charge on any atom is -0.493 e. The first-order valence-corrected chi connectivity index (χ1v) is 9.46. The number of rotatable bonds is 8. The van der Waals surface area contributed by atoms with E-state index in [4.69, 9.17) is 19.5 Å². The Morgan fingerprint density at radius 1 is 1.06 bits per heavy atom. The van der Waals surface area contributed by atoms with Gasteiger partial charge in [-0.25, -0.2) is 4.39 Å². The van der Waals surface area contributed by atoms with Gasteiger partial charge in [0.1, 0.15) is 5.75 Å². The Morgan fingerprint density at radius 3 is 2.39 bits per heavy atom. The molecule has 0 saturated carbocycles. The standard InChI is InChI=1S/C24H21FN2O4/c1-29-20-13-12-19(21(25)23(20)31-18-6-4-3-5-7-18)22(30-2)24(28)27-15-17-10-8-16(14-26)9-11-17/h3-13,22H,15H2,1-2H3,(H,27,28)/t22-/m0/s1. The van der Waals surface area contributed by atoms with Gasteiger partial charge < -0.3 is 19.5 Å². The van der Waals surface area contributed by atoms with E-state index < -0.39 is 17.8 Å². The van der Waals surface area contributed by atoms with E-state index in [0.29, 0.717) is 11.3 Å². The van der Waals surface area contributed by atoms with Gasteiger partial charge in [-0.05, 0) is 42.0 Å². The summed E-state index contributed by atoms with van der Waals surface area (Å²) in [5.41, 5.74) is 1.34. The van der Waals surface area contributed by atoms with E-state index in [1.165, 1.54) is 26.4 Å². The van der Waals surface area contributed by atoms with Crippen LogP contribution in [0.4, 0.5) is 4.39 Å². The van der Waals surface area contributed by atoms with Crippen LogP contribution in [0.1, 0.15) is 22.8 Å². The summed E-state index contributed by atoms with van der Waals surface area (Å²) in [5.74, 6) is -0.771. The number of ether oxygens (including phenoxy) is 3. The van der Waals surface area contributed by atoms with Gasteiger partial charge in [-0.15, -0.1) is 0 Å². The highest BCUT2D eigenvalue weighted by Crippen LogP contribution is 2.38. The molecule has 3 aromatic rings. The summed E-state index contributed by atoms with van der Waals surface area (Å²) in [6.45, 7) is 0.204. The molecule has 0 aliphatic carbocycles. The van der Waals surface area contributed by atoms with Crippen LogP contribution in [0.5, 0.6) is 17.2 Å². The Kier molecular flexibility index (Phi) is 7.20. The number of nitrogens with zero attached hydrogens (tertiary/aromatic N) is 1. The maximum absolute atomic E-state index is 15.4. The lowest BCUT2D eigenvalue weighted by molar-refractivity contribution is -0.131. The Balaban J connectivity index is 1.82. The van der Waals surface area contributed by atoms with Crippen LogP contribution in [0, 0.1) is 17.1 Å². The highest BCUT2D eigenvalue weighted by Gasteiger charge is 2.27. The molecule has 0 spiro atoms. The van der Waals surface area contributed by atoms with E-state index in [1.54, 1.807) is 48.5 Å². The molecule has 0 aromatic heterocycles. The van der Waals surface area contributed by atoms with Gasteiger partial charge in [0.25, 0.3) is 5.91 Å². The molecule has 1 N–H and O–H groups in total. The van der Waals surface area contributed by atoms with Gasteiger partial charge in [0.05, 0.1) is 18.7 Å². The smallest absolute Gasteiger partial charge is 0.254 e. The molecule has 0 radical (unpaired) electrons. The molecule has 0 heterocycles. The van der Waals surface area contributed by atoms with E-state index in [1.807, 2.05) is 12.1 Å². The van der Waals surface area contributed by atoms with E-state index >= 15 is 4.39 Å². The quantitative estimate of drug-likeness (QED) is 0.580. The predicted octanol–water partition coefficient (Wildman–Crippen LogP) is 4.50. The zero-order valence-corrected chi connectivity index (χ0v) is 17.1. The number of nitrogens with one attached hydrogen (secondary N) is 1. The first-order chi connectivity index (χ1) is 15.1. The van der Waals surface area contributed by atoms with Crippen LogP contribution in [0.15, 0.2) is 66.7 Å². The fourth-order valence-corrected chi connectivity index (χ4v) is 2.97. The number of halogens is 1. The summed E-state index contributed by atoms with van der Waals surface area (Å²) in [6.07, 6.45) is -1.19. The SMILES string of the molecule is COc1ccc([C@H](OC)C(=O)NCc2ccc(C#N)cc2)c(F)c1Oc1ccccc1. The number of para-hydroxylation sites is 1. The first kappa shape index (κ1) is 21.8. The van der Waals surface area contributed by atoms with E-state index in [0.717, 1.165) is 5.56 Å². The maximum Gasteiger partial charge on any atom is 0.254 e. The van der Waals surface area contributed by atoms with Gasteiger partial charge in [-0.1, -0.05) is 30.3 Å². The van der Waals surface area contributed by atoms with Crippen molar-refractivity contribution in [3.8, 4) is 23.3 Å². The molecule has 3 rings (SSSR count). The van der Waals surface area contributed by atoms with Crippen LogP contribution in [-0.4, -0.2) is 20.1 Å². The lowest BCUT2D eigenvalue weighted by Crippen LogP contribution is -2.30. The molecule has 1 atom stereocenters. The molecule has 0 unspecified atom stereocenters. The third kappa shape index (κ3) is 5.18. The summed E-state index contributed by atoms with van der Waals surface area (Å²) in [4.78, 5) is 12.7. The molecular weight excluding hydrogens is 399 g/mol. The largest absolute Gasteiger partial charge is 0.493 e. The number of hydrogen-bond donors (Lipinski definition) is 1. The third-order valence-electron chi connectivity index (χ3n) is 4.58. The second kappa shape index (κ2) is 10.2. The zero-order valence-electron chi connectivity index (χ0n) is 17.1. The number of carbonyl (C=O) groups is 1. The van der Waals surface area contributed by atoms with Gasteiger partial charge >= 0.3 is 0 Å². The summed E-state index contributed by atoms with van der Waals surface area (Å²) < 4.78 is 31.6. The second-order valence-electron chi connectivity index (χ2n) is 6.56. The van der Waals surface area contributed by atoms with Crippen molar-refractivity contribution in [1.29, 1.82) is 5.26 Å². The summed E-state index contributed by atoms with van der Waals surface area (Å²) in [5, 5.41) is 11.6. The minimum atomic E-state index is -1.19. The Hall–Kier alpha value is -3.89. The van der Waals surface area contributed by atoms with Crippen LogP contribution < -0.4 is 14.8 Å². The number of hydrogen-bond acceptors (Lipinski definition) is 5. The van der Waals surface area contributed by atoms with Crippen molar-refractivity contribution in [2.45, 2.75) is 12.6 Å². The molecule has 0 saturated heterocycles. The molecular formula is C24H21FN2O4. The molecule has 7 heteroatoms. The molecule has 31 heavy (non-hydrogen) atoms. The number of benzene rings is 3. The van der Waals surface area contributed by atoms with Crippen LogP contribution >= 0.6 is 0 Å². The van der Waals surface area contributed by atoms with Crippen LogP contribution in [0.2, 0.25) is 0 Å². The Bertz CT molecular complexity index is 1080. The monoisotopic (exact) mass is 420 g/mol. The van der Waals surface area contributed by atoms with Gasteiger partial charge in [-0.2, -0.15) is 5.26 Å². The first-order valence-electron chi connectivity index (χ1n) is 9.46.